The second-order valence-corrected chi connectivity index (χ2v) is 8.72. The number of carbonyl (C=O) groups is 1. The predicted molar refractivity (Wildman–Crippen MR) is 100.0 cm³/mol. The van der Waals surface area contributed by atoms with E-state index in [1.165, 1.54) is 32.3 Å². The van der Waals surface area contributed by atoms with Gasteiger partial charge in [-0.05, 0) is 35.9 Å². The normalized spacial score (nSPS) is 11.6. The SMILES string of the molecule is CN(C)S(=O)(=O)c1cc(C(=O)NCc2ccc(Cl)cc2Cl)ccc1Cl. The van der Waals surface area contributed by atoms with Crippen LogP contribution in [0.15, 0.2) is 41.3 Å². The molecule has 0 aromatic heterocycles. The van der Waals surface area contributed by atoms with Crippen LogP contribution in [0.3, 0.4) is 0 Å². The van der Waals surface area contributed by atoms with Gasteiger partial charge in [-0.25, -0.2) is 12.7 Å². The number of amides is 1. The third kappa shape index (κ3) is 4.65. The number of hydrogen-bond acceptors (Lipinski definition) is 3. The molecular weight excluding hydrogens is 407 g/mol. The molecule has 0 spiro atoms. The van der Waals surface area contributed by atoms with E-state index >= 15 is 0 Å². The van der Waals surface area contributed by atoms with E-state index in [0.717, 1.165) is 4.31 Å². The first-order valence-electron chi connectivity index (χ1n) is 7.07. The molecule has 0 aliphatic rings. The molecule has 0 fully saturated rings. The molecule has 0 unspecified atom stereocenters. The molecule has 0 saturated carbocycles. The molecule has 25 heavy (non-hydrogen) atoms. The van der Waals surface area contributed by atoms with Gasteiger partial charge in [0.25, 0.3) is 5.91 Å². The van der Waals surface area contributed by atoms with Gasteiger partial charge in [0.1, 0.15) is 4.90 Å². The van der Waals surface area contributed by atoms with Crippen molar-refractivity contribution >= 4 is 50.7 Å². The van der Waals surface area contributed by atoms with Gasteiger partial charge < -0.3 is 5.32 Å². The fraction of sp³-hybridized carbons (Fsp3) is 0.188. The molecule has 0 aliphatic carbocycles. The summed E-state index contributed by atoms with van der Waals surface area (Å²) in [6, 6.07) is 9.02. The first-order chi connectivity index (χ1) is 11.6. The smallest absolute Gasteiger partial charge is 0.251 e. The van der Waals surface area contributed by atoms with Crippen molar-refractivity contribution in [2.24, 2.45) is 0 Å². The van der Waals surface area contributed by atoms with Crippen LogP contribution in [0.25, 0.3) is 0 Å². The van der Waals surface area contributed by atoms with Gasteiger partial charge in [0.15, 0.2) is 0 Å². The number of carbonyl (C=O) groups excluding carboxylic acids is 1. The molecule has 2 aromatic rings. The van der Waals surface area contributed by atoms with Gasteiger partial charge in [0.05, 0.1) is 5.02 Å². The molecule has 2 aromatic carbocycles. The van der Waals surface area contributed by atoms with Crippen LogP contribution in [0.4, 0.5) is 0 Å². The fourth-order valence-electron chi connectivity index (χ4n) is 1.98. The first kappa shape index (κ1) is 20.0. The lowest BCUT2D eigenvalue weighted by Gasteiger charge is -2.14. The number of nitrogens with zero attached hydrogens (tertiary/aromatic N) is 1. The minimum atomic E-state index is -3.76. The lowest BCUT2D eigenvalue weighted by atomic mass is 10.2. The number of hydrogen-bond donors (Lipinski definition) is 1. The minimum Gasteiger partial charge on any atom is -0.348 e. The largest absolute Gasteiger partial charge is 0.348 e. The minimum absolute atomic E-state index is 0.0472. The highest BCUT2D eigenvalue weighted by molar-refractivity contribution is 7.89. The van der Waals surface area contributed by atoms with Crippen LogP contribution in [0.5, 0.6) is 0 Å². The Morgan fingerprint density at radius 1 is 1.04 bits per heavy atom. The summed E-state index contributed by atoms with van der Waals surface area (Å²) < 4.78 is 25.6. The van der Waals surface area contributed by atoms with Gasteiger partial charge in [-0.3, -0.25) is 4.79 Å². The van der Waals surface area contributed by atoms with Gasteiger partial charge in [0, 0.05) is 36.2 Å². The molecule has 0 saturated heterocycles. The maximum Gasteiger partial charge on any atom is 0.251 e. The molecule has 9 heteroatoms. The molecule has 0 atom stereocenters. The molecule has 1 N–H and O–H groups in total. The van der Waals surface area contributed by atoms with Crippen molar-refractivity contribution in [3.05, 3.63) is 62.6 Å². The van der Waals surface area contributed by atoms with Gasteiger partial charge in [0.2, 0.25) is 10.0 Å². The number of rotatable bonds is 5. The molecule has 2 rings (SSSR count). The van der Waals surface area contributed by atoms with Crippen LogP contribution in [-0.2, 0) is 16.6 Å². The van der Waals surface area contributed by atoms with Crippen LogP contribution in [0, 0.1) is 0 Å². The molecule has 1 amide bonds. The van der Waals surface area contributed by atoms with Crippen molar-refractivity contribution in [1.29, 1.82) is 0 Å². The summed E-state index contributed by atoms with van der Waals surface area (Å²) in [6.45, 7) is 0.174. The van der Waals surface area contributed by atoms with Gasteiger partial charge >= 0.3 is 0 Å². The maximum absolute atomic E-state index is 12.3. The van der Waals surface area contributed by atoms with E-state index in [4.69, 9.17) is 34.8 Å². The summed E-state index contributed by atoms with van der Waals surface area (Å²) in [5.41, 5.74) is 0.865. The molecule has 0 radical (unpaired) electrons. The fourth-order valence-corrected chi connectivity index (χ4v) is 3.85. The lowest BCUT2D eigenvalue weighted by molar-refractivity contribution is 0.0950. The second kappa shape index (κ2) is 7.93. The van der Waals surface area contributed by atoms with E-state index in [2.05, 4.69) is 5.32 Å². The number of nitrogens with one attached hydrogen (secondary N) is 1. The summed E-state index contributed by atoms with van der Waals surface area (Å²) in [4.78, 5) is 12.2. The monoisotopic (exact) mass is 420 g/mol. The lowest BCUT2D eigenvalue weighted by Crippen LogP contribution is -2.25. The molecular formula is C16H15Cl3N2O3S. The van der Waals surface area contributed by atoms with Crippen molar-refractivity contribution in [2.45, 2.75) is 11.4 Å². The van der Waals surface area contributed by atoms with E-state index < -0.39 is 15.9 Å². The van der Waals surface area contributed by atoms with Crippen LogP contribution in [0.1, 0.15) is 15.9 Å². The quantitative estimate of drug-likeness (QED) is 0.798. The molecule has 5 nitrogen and oxygen atoms in total. The first-order valence-corrected chi connectivity index (χ1v) is 9.64. The Kier molecular flexibility index (Phi) is 6.35. The Hall–Kier alpha value is -1.31. The summed E-state index contributed by atoms with van der Waals surface area (Å²) in [6.07, 6.45) is 0. The molecule has 0 aliphatic heterocycles. The Morgan fingerprint density at radius 2 is 1.72 bits per heavy atom. The summed E-state index contributed by atoms with van der Waals surface area (Å²) >= 11 is 17.9. The Balaban J connectivity index is 2.23. The van der Waals surface area contributed by atoms with Gasteiger partial charge in [-0.1, -0.05) is 40.9 Å². The van der Waals surface area contributed by atoms with Gasteiger partial charge in [-0.15, -0.1) is 0 Å². The Bertz CT molecular complexity index is 915. The van der Waals surface area contributed by atoms with E-state index in [1.807, 2.05) is 0 Å². The topological polar surface area (TPSA) is 66.5 Å². The van der Waals surface area contributed by atoms with Crippen molar-refractivity contribution in [3.63, 3.8) is 0 Å². The van der Waals surface area contributed by atoms with E-state index in [1.54, 1.807) is 18.2 Å². The standard InChI is InChI=1S/C16H15Cl3N2O3S/c1-21(2)25(23,24)15-7-10(4-6-13(15)18)16(22)20-9-11-3-5-12(17)8-14(11)19/h3-8H,9H2,1-2H3,(H,20,22). The highest BCUT2D eigenvalue weighted by Crippen LogP contribution is 2.25. The van der Waals surface area contributed by atoms with Crippen molar-refractivity contribution in [3.8, 4) is 0 Å². The highest BCUT2D eigenvalue weighted by Gasteiger charge is 2.22. The zero-order valence-electron chi connectivity index (χ0n) is 13.4. The zero-order chi connectivity index (χ0) is 18.8. The predicted octanol–water partition coefficient (Wildman–Crippen LogP) is 3.83. The second-order valence-electron chi connectivity index (χ2n) is 5.35. The third-order valence-electron chi connectivity index (χ3n) is 3.41. The van der Waals surface area contributed by atoms with Crippen molar-refractivity contribution in [1.82, 2.24) is 9.62 Å². The van der Waals surface area contributed by atoms with Gasteiger partial charge in [-0.2, -0.15) is 0 Å². The van der Waals surface area contributed by atoms with Crippen molar-refractivity contribution in [2.75, 3.05) is 14.1 Å². The average Bonchev–Trinajstić information content (AvgIpc) is 2.53. The van der Waals surface area contributed by atoms with Crippen LogP contribution < -0.4 is 5.32 Å². The van der Waals surface area contributed by atoms with Crippen LogP contribution >= 0.6 is 34.8 Å². The number of sulfonamides is 1. The number of halogens is 3. The van der Waals surface area contributed by atoms with E-state index in [9.17, 15) is 13.2 Å². The molecule has 0 bridgehead atoms. The number of benzene rings is 2. The van der Waals surface area contributed by atoms with E-state index in [0.29, 0.717) is 15.6 Å². The Morgan fingerprint density at radius 3 is 2.32 bits per heavy atom. The average molecular weight is 422 g/mol. The summed E-state index contributed by atoms with van der Waals surface area (Å²) in [5, 5.41) is 3.66. The van der Waals surface area contributed by atoms with Crippen molar-refractivity contribution < 1.29 is 13.2 Å². The summed E-state index contributed by atoms with van der Waals surface area (Å²) in [5.74, 6) is -0.446. The zero-order valence-corrected chi connectivity index (χ0v) is 16.5. The summed E-state index contributed by atoms with van der Waals surface area (Å²) in [7, 11) is -0.977. The van der Waals surface area contributed by atoms with Crippen LogP contribution in [-0.4, -0.2) is 32.7 Å². The molecule has 0 heterocycles. The highest BCUT2D eigenvalue weighted by atomic mass is 35.5. The Labute approximate surface area is 161 Å². The van der Waals surface area contributed by atoms with E-state index in [-0.39, 0.29) is 22.0 Å². The van der Waals surface area contributed by atoms with Crippen LogP contribution in [0.2, 0.25) is 15.1 Å². The third-order valence-corrected chi connectivity index (χ3v) is 6.29. The maximum atomic E-state index is 12.3. The molecule has 134 valence electrons.